The van der Waals surface area contributed by atoms with E-state index in [4.69, 9.17) is 4.98 Å². The van der Waals surface area contributed by atoms with Crippen molar-refractivity contribution in [3.05, 3.63) is 11.8 Å². The van der Waals surface area contributed by atoms with Crippen molar-refractivity contribution in [3.63, 3.8) is 0 Å². The second kappa shape index (κ2) is 5.56. The van der Waals surface area contributed by atoms with E-state index in [2.05, 4.69) is 26.6 Å². The van der Waals surface area contributed by atoms with Gasteiger partial charge in [-0.3, -0.25) is 4.90 Å². The quantitative estimate of drug-likeness (QED) is 0.836. The molecule has 0 atom stereocenters. The molecule has 0 saturated carbocycles. The minimum absolute atomic E-state index is 0.711. The third-order valence-electron chi connectivity index (χ3n) is 4.41. The van der Waals surface area contributed by atoms with Gasteiger partial charge in [-0.05, 0) is 32.9 Å². The first-order chi connectivity index (χ1) is 9.65. The zero-order valence-corrected chi connectivity index (χ0v) is 12.8. The third kappa shape index (κ3) is 2.59. The van der Waals surface area contributed by atoms with Gasteiger partial charge in [-0.2, -0.15) is 4.98 Å². The Bertz CT molecular complexity index is 461. The van der Waals surface area contributed by atoms with Gasteiger partial charge in [-0.1, -0.05) is 6.42 Å². The highest BCUT2D eigenvalue weighted by Crippen LogP contribution is 2.25. The summed E-state index contributed by atoms with van der Waals surface area (Å²) in [6, 6.07) is 0.711. The number of likely N-dealkylation sites (tertiary alicyclic amines) is 1. The first kappa shape index (κ1) is 13.6. The normalized spacial score (nSPS) is 20.9. The molecule has 0 unspecified atom stereocenters. The second-order valence-corrected chi connectivity index (χ2v) is 6.23. The van der Waals surface area contributed by atoms with Crippen molar-refractivity contribution in [2.75, 3.05) is 50.1 Å². The molecule has 0 aliphatic carbocycles. The van der Waals surface area contributed by atoms with Crippen LogP contribution in [0.1, 0.15) is 24.8 Å². The predicted octanol–water partition coefficient (Wildman–Crippen LogP) is 1.53. The number of nitrogens with zero attached hydrogens (tertiary/aromatic N) is 5. The molecule has 0 amide bonds. The molecule has 2 fully saturated rings. The van der Waals surface area contributed by atoms with Crippen molar-refractivity contribution >= 4 is 11.8 Å². The highest BCUT2D eigenvalue weighted by atomic mass is 15.4. The fourth-order valence-electron chi connectivity index (χ4n) is 3.16. The molecule has 0 radical (unpaired) electrons. The van der Waals surface area contributed by atoms with Crippen LogP contribution in [0.5, 0.6) is 0 Å². The summed E-state index contributed by atoms with van der Waals surface area (Å²) in [5.41, 5.74) is 1.13. The maximum Gasteiger partial charge on any atom is 0.227 e. The predicted molar refractivity (Wildman–Crippen MR) is 82.5 cm³/mol. The molecular weight excluding hydrogens is 250 g/mol. The van der Waals surface area contributed by atoms with Gasteiger partial charge in [-0.25, -0.2) is 4.98 Å². The molecule has 2 saturated heterocycles. The summed E-state index contributed by atoms with van der Waals surface area (Å²) in [4.78, 5) is 16.2. The lowest BCUT2D eigenvalue weighted by Gasteiger charge is -2.46. The monoisotopic (exact) mass is 275 g/mol. The van der Waals surface area contributed by atoms with E-state index in [1.807, 2.05) is 20.3 Å². The average molecular weight is 275 g/mol. The van der Waals surface area contributed by atoms with Gasteiger partial charge in [0.05, 0.1) is 0 Å². The molecule has 2 aliphatic rings. The number of anilines is 2. The lowest BCUT2D eigenvalue weighted by Crippen LogP contribution is -2.61. The Kier molecular flexibility index (Phi) is 3.78. The van der Waals surface area contributed by atoms with E-state index >= 15 is 0 Å². The zero-order chi connectivity index (χ0) is 14.1. The van der Waals surface area contributed by atoms with Crippen molar-refractivity contribution in [1.29, 1.82) is 0 Å². The Labute approximate surface area is 121 Å². The van der Waals surface area contributed by atoms with Gasteiger partial charge in [0.25, 0.3) is 0 Å². The largest absolute Gasteiger partial charge is 0.362 e. The molecule has 5 nitrogen and oxygen atoms in total. The van der Waals surface area contributed by atoms with Crippen molar-refractivity contribution < 1.29 is 0 Å². The fourth-order valence-corrected chi connectivity index (χ4v) is 3.16. The van der Waals surface area contributed by atoms with E-state index in [0.717, 1.165) is 30.4 Å². The standard InChI is InChI=1S/C15H25N5/c1-12-9-16-15(17-14(12)18(2)3)20-10-13(11-20)19-7-5-4-6-8-19/h9,13H,4-8,10-11H2,1-3H3. The lowest BCUT2D eigenvalue weighted by molar-refractivity contribution is 0.138. The molecule has 0 N–H and O–H groups in total. The summed E-state index contributed by atoms with van der Waals surface area (Å²) in [6.07, 6.45) is 6.07. The second-order valence-electron chi connectivity index (χ2n) is 6.23. The summed E-state index contributed by atoms with van der Waals surface area (Å²) in [5.74, 6) is 1.91. The average Bonchev–Trinajstić information content (AvgIpc) is 2.40. The van der Waals surface area contributed by atoms with E-state index in [9.17, 15) is 0 Å². The molecule has 3 heterocycles. The third-order valence-corrected chi connectivity index (χ3v) is 4.41. The van der Waals surface area contributed by atoms with Crippen molar-refractivity contribution in [2.24, 2.45) is 0 Å². The zero-order valence-electron chi connectivity index (χ0n) is 12.8. The van der Waals surface area contributed by atoms with Crippen molar-refractivity contribution in [2.45, 2.75) is 32.2 Å². The molecular formula is C15H25N5. The Morgan fingerprint density at radius 3 is 2.50 bits per heavy atom. The van der Waals surface area contributed by atoms with Crippen LogP contribution in [0.15, 0.2) is 6.20 Å². The first-order valence-electron chi connectivity index (χ1n) is 7.65. The van der Waals surface area contributed by atoms with Crippen LogP contribution in [0.3, 0.4) is 0 Å². The van der Waals surface area contributed by atoms with E-state index in [1.165, 1.54) is 32.4 Å². The van der Waals surface area contributed by atoms with E-state index in [1.54, 1.807) is 0 Å². The van der Waals surface area contributed by atoms with E-state index < -0.39 is 0 Å². The van der Waals surface area contributed by atoms with Crippen LogP contribution in [0, 0.1) is 6.92 Å². The van der Waals surface area contributed by atoms with E-state index in [0.29, 0.717) is 6.04 Å². The van der Waals surface area contributed by atoms with Gasteiger partial charge in [0.2, 0.25) is 5.95 Å². The number of aryl methyl sites for hydroxylation is 1. The molecule has 1 aromatic rings. The van der Waals surface area contributed by atoms with Crippen molar-refractivity contribution in [3.8, 4) is 0 Å². The van der Waals surface area contributed by atoms with Crippen LogP contribution in [0.2, 0.25) is 0 Å². The van der Waals surface area contributed by atoms with Crippen LogP contribution in [0.4, 0.5) is 11.8 Å². The molecule has 1 aromatic heterocycles. The highest BCUT2D eigenvalue weighted by Gasteiger charge is 2.33. The number of rotatable bonds is 3. The Hall–Kier alpha value is -1.36. The molecule has 0 bridgehead atoms. The van der Waals surface area contributed by atoms with Gasteiger partial charge in [0, 0.05) is 45.0 Å². The van der Waals surface area contributed by atoms with Crippen molar-refractivity contribution in [1.82, 2.24) is 14.9 Å². The summed E-state index contributed by atoms with van der Waals surface area (Å²) >= 11 is 0. The fraction of sp³-hybridized carbons (Fsp3) is 0.733. The van der Waals surface area contributed by atoms with Crippen LogP contribution in [0.25, 0.3) is 0 Å². The maximum absolute atomic E-state index is 4.70. The van der Waals surface area contributed by atoms with Gasteiger partial charge in [0.15, 0.2) is 0 Å². The minimum Gasteiger partial charge on any atom is -0.362 e. The molecule has 20 heavy (non-hydrogen) atoms. The van der Waals surface area contributed by atoms with Gasteiger partial charge >= 0.3 is 0 Å². The number of hydrogen-bond acceptors (Lipinski definition) is 5. The summed E-state index contributed by atoms with van der Waals surface area (Å²) in [7, 11) is 4.07. The van der Waals surface area contributed by atoms with Crippen LogP contribution in [-0.4, -0.2) is 61.2 Å². The molecule has 0 spiro atoms. The molecule has 2 aliphatic heterocycles. The summed E-state index contributed by atoms with van der Waals surface area (Å²) in [6.45, 7) is 6.77. The Morgan fingerprint density at radius 1 is 1.15 bits per heavy atom. The lowest BCUT2D eigenvalue weighted by atomic mass is 10.0. The van der Waals surface area contributed by atoms with Gasteiger partial charge in [0.1, 0.15) is 5.82 Å². The number of piperidine rings is 1. The molecule has 110 valence electrons. The number of hydrogen-bond donors (Lipinski definition) is 0. The first-order valence-corrected chi connectivity index (χ1v) is 7.65. The topological polar surface area (TPSA) is 35.5 Å². The Balaban J connectivity index is 1.63. The SMILES string of the molecule is Cc1cnc(N2CC(N3CCCCC3)C2)nc1N(C)C. The smallest absolute Gasteiger partial charge is 0.227 e. The Morgan fingerprint density at radius 2 is 1.85 bits per heavy atom. The summed E-state index contributed by atoms with van der Waals surface area (Å²) < 4.78 is 0. The molecule has 3 rings (SSSR count). The van der Waals surface area contributed by atoms with Crippen LogP contribution in [-0.2, 0) is 0 Å². The summed E-state index contributed by atoms with van der Waals surface area (Å²) in [5, 5.41) is 0. The maximum atomic E-state index is 4.70. The highest BCUT2D eigenvalue weighted by molar-refractivity contribution is 5.49. The molecule has 5 heteroatoms. The van der Waals surface area contributed by atoms with Gasteiger partial charge < -0.3 is 9.80 Å². The van der Waals surface area contributed by atoms with Gasteiger partial charge in [-0.15, -0.1) is 0 Å². The van der Waals surface area contributed by atoms with E-state index in [-0.39, 0.29) is 0 Å². The van der Waals surface area contributed by atoms with Crippen LogP contribution >= 0.6 is 0 Å². The van der Waals surface area contributed by atoms with Crippen LogP contribution < -0.4 is 9.80 Å². The minimum atomic E-state index is 0.711. The number of aromatic nitrogens is 2. The molecule has 0 aromatic carbocycles.